The van der Waals surface area contributed by atoms with Crippen molar-refractivity contribution in [3.05, 3.63) is 88.2 Å². The van der Waals surface area contributed by atoms with Crippen LogP contribution in [-0.2, 0) is 20.9 Å². The van der Waals surface area contributed by atoms with Gasteiger partial charge < -0.3 is 34.2 Å². The molecule has 264 valence electrons. The van der Waals surface area contributed by atoms with Gasteiger partial charge in [0.2, 0.25) is 5.91 Å². The van der Waals surface area contributed by atoms with Crippen molar-refractivity contribution in [2.45, 2.75) is 52.4 Å². The second kappa shape index (κ2) is 16.3. The van der Waals surface area contributed by atoms with Gasteiger partial charge in [0.1, 0.15) is 18.0 Å². The number of hydrogen-bond acceptors (Lipinski definition) is 7. The lowest BCUT2D eigenvalue weighted by Gasteiger charge is -2.32. The summed E-state index contributed by atoms with van der Waals surface area (Å²) in [6, 6.07) is 17.2. The van der Waals surface area contributed by atoms with Crippen molar-refractivity contribution in [2.24, 2.45) is 5.41 Å². The molecule has 2 amide bonds. The molecule has 9 nitrogen and oxygen atoms in total. The molecule has 11 heteroatoms. The highest BCUT2D eigenvalue weighted by molar-refractivity contribution is 6.30. The maximum absolute atomic E-state index is 14.3. The standard InChI is InChI=1S/C38H48ClFN4O5/c1-38(2,3)25-44-31-15-14-27(39)22-29(31)35(49-33(37(44)46)23-34(45)41-24-26-10-6-7-12-30(26)40)28-11-8-13-32(36(28)47-5)48-21-9-16-43-19-17-42(4)18-20-43/h6-8,10-15,22,33,35H,9,16-21,23-25H2,1-5H3,(H,41,45)/t33-,35-/m1/s1. The first-order valence-electron chi connectivity index (χ1n) is 16.9. The Morgan fingerprint density at radius 3 is 2.51 bits per heavy atom. The normalized spacial score (nSPS) is 18.9. The molecule has 2 aliphatic rings. The van der Waals surface area contributed by atoms with E-state index in [9.17, 15) is 14.0 Å². The first-order valence-corrected chi connectivity index (χ1v) is 17.3. The second-order valence-electron chi connectivity index (χ2n) is 14.0. The molecule has 0 bridgehead atoms. The van der Waals surface area contributed by atoms with Crippen molar-refractivity contribution in [1.82, 2.24) is 15.1 Å². The van der Waals surface area contributed by atoms with Gasteiger partial charge in [0.25, 0.3) is 5.91 Å². The van der Waals surface area contributed by atoms with Crippen molar-refractivity contribution in [2.75, 3.05) is 64.9 Å². The maximum Gasteiger partial charge on any atom is 0.256 e. The maximum atomic E-state index is 14.3. The molecule has 2 atom stereocenters. The van der Waals surface area contributed by atoms with Crippen molar-refractivity contribution < 1.29 is 28.2 Å². The number of benzene rings is 3. The molecular formula is C38H48ClFN4O5. The van der Waals surface area contributed by atoms with Crippen LogP contribution in [0.4, 0.5) is 10.1 Å². The molecule has 2 aliphatic heterocycles. The Morgan fingerprint density at radius 2 is 1.80 bits per heavy atom. The van der Waals surface area contributed by atoms with Crippen LogP contribution in [0, 0.1) is 11.2 Å². The number of ether oxygens (including phenoxy) is 3. The number of piperazine rings is 1. The molecule has 1 fully saturated rings. The highest BCUT2D eigenvalue weighted by Crippen LogP contribution is 2.45. The molecule has 5 rings (SSSR count). The average molecular weight is 695 g/mol. The molecule has 0 aromatic heterocycles. The number of amides is 2. The zero-order chi connectivity index (χ0) is 35.1. The van der Waals surface area contributed by atoms with E-state index in [1.54, 1.807) is 42.3 Å². The number of carbonyl (C=O) groups is 2. The van der Waals surface area contributed by atoms with Gasteiger partial charge in [-0.25, -0.2) is 4.39 Å². The number of methoxy groups -OCH3 is 1. The first-order chi connectivity index (χ1) is 23.4. The molecule has 0 unspecified atom stereocenters. The molecular weight excluding hydrogens is 647 g/mol. The molecule has 0 aliphatic carbocycles. The number of rotatable bonds is 12. The Balaban J connectivity index is 1.43. The Labute approximate surface area is 294 Å². The van der Waals surface area contributed by atoms with E-state index >= 15 is 0 Å². The van der Waals surface area contributed by atoms with E-state index in [-0.39, 0.29) is 24.3 Å². The molecule has 0 spiro atoms. The minimum absolute atomic E-state index is 0.0145. The zero-order valence-corrected chi connectivity index (χ0v) is 29.9. The van der Waals surface area contributed by atoms with Gasteiger partial charge in [0, 0.05) is 73.2 Å². The van der Waals surface area contributed by atoms with Gasteiger partial charge in [-0.3, -0.25) is 9.59 Å². The van der Waals surface area contributed by atoms with Gasteiger partial charge in [-0.2, -0.15) is 0 Å². The van der Waals surface area contributed by atoms with Crippen LogP contribution >= 0.6 is 11.6 Å². The number of anilines is 1. The van der Waals surface area contributed by atoms with Crippen LogP contribution in [0.2, 0.25) is 5.02 Å². The van der Waals surface area contributed by atoms with Gasteiger partial charge in [-0.15, -0.1) is 0 Å². The van der Waals surface area contributed by atoms with Crippen LogP contribution < -0.4 is 19.7 Å². The third-order valence-electron chi connectivity index (χ3n) is 8.81. The monoisotopic (exact) mass is 694 g/mol. The fourth-order valence-corrected chi connectivity index (χ4v) is 6.45. The van der Waals surface area contributed by atoms with Gasteiger partial charge in [-0.1, -0.05) is 62.7 Å². The Hall–Kier alpha value is -3.70. The quantitative estimate of drug-likeness (QED) is 0.230. The van der Waals surface area contributed by atoms with E-state index in [2.05, 4.69) is 22.2 Å². The smallest absolute Gasteiger partial charge is 0.256 e. The molecule has 3 aromatic carbocycles. The first kappa shape index (κ1) is 36.6. The third kappa shape index (κ3) is 9.51. The average Bonchev–Trinajstić information content (AvgIpc) is 3.16. The van der Waals surface area contributed by atoms with Crippen molar-refractivity contribution >= 4 is 29.1 Å². The second-order valence-corrected chi connectivity index (χ2v) is 14.4. The van der Waals surface area contributed by atoms with E-state index in [1.807, 2.05) is 45.0 Å². The van der Waals surface area contributed by atoms with Gasteiger partial charge in [-0.05, 0) is 49.2 Å². The van der Waals surface area contributed by atoms with Crippen LogP contribution in [0.3, 0.4) is 0 Å². The molecule has 3 aromatic rings. The van der Waals surface area contributed by atoms with E-state index in [0.717, 1.165) is 39.1 Å². The Bertz CT molecular complexity index is 1610. The van der Waals surface area contributed by atoms with Crippen LogP contribution in [0.1, 0.15) is 56.4 Å². The van der Waals surface area contributed by atoms with Crippen LogP contribution in [0.15, 0.2) is 60.7 Å². The number of nitrogens with zero attached hydrogens (tertiary/aromatic N) is 3. The minimum Gasteiger partial charge on any atom is -0.492 e. The van der Waals surface area contributed by atoms with E-state index in [4.69, 9.17) is 25.8 Å². The largest absolute Gasteiger partial charge is 0.492 e. The fourth-order valence-electron chi connectivity index (χ4n) is 6.27. The van der Waals surface area contributed by atoms with E-state index < -0.39 is 23.9 Å². The highest BCUT2D eigenvalue weighted by atomic mass is 35.5. The summed E-state index contributed by atoms with van der Waals surface area (Å²) in [5, 5.41) is 3.24. The number of carbonyl (C=O) groups excluding carboxylic acids is 2. The van der Waals surface area contributed by atoms with Crippen molar-refractivity contribution in [1.29, 1.82) is 0 Å². The summed E-state index contributed by atoms with van der Waals surface area (Å²) in [7, 11) is 3.73. The molecule has 0 radical (unpaired) electrons. The molecule has 1 N–H and O–H groups in total. The predicted octanol–water partition coefficient (Wildman–Crippen LogP) is 6.08. The van der Waals surface area contributed by atoms with Crippen molar-refractivity contribution in [3.63, 3.8) is 0 Å². The summed E-state index contributed by atoms with van der Waals surface area (Å²) in [5.74, 6) is -0.159. The lowest BCUT2D eigenvalue weighted by Crippen LogP contribution is -2.45. The minimum atomic E-state index is -1.16. The number of halogens is 2. The number of para-hydroxylation sites is 1. The number of fused-ring (bicyclic) bond motifs is 1. The molecule has 0 saturated carbocycles. The third-order valence-corrected chi connectivity index (χ3v) is 9.04. The van der Waals surface area contributed by atoms with Crippen LogP contribution in [-0.4, -0.2) is 87.8 Å². The van der Waals surface area contributed by atoms with Gasteiger partial charge in [0.05, 0.1) is 20.1 Å². The lowest BCUT2D eigenvalue weighted by atomic mass is 9.94. The summed E-state index contributed by atoms with van der Waals surface area (Å²) < 4.78 is 33.2. The summed E-state index contributed by atoms with van der Waals surface area (Å²) in [6.07, 6.45) is -1.39. The summed E-state index contributed by atoms with van der Waals surface area (Å²) >= 11 is 6.58. The van der Waals surface area contributed by atoms with Gasteiger partial charge >= 0.3 is 0 Å². The highest BCUT2D eigenvalue weighted by Gasteiger charge is 2.40. The summed E-state index contributed by atoms with van der Waals surface area (Å²) in [6.45, 7) is 12.2. The SMILES string of the molecule is COc1c(OCCCN2CCN(C)CC2)cccc1[C@H]1O[C@H](CC(=O)NCc2ccccc2F)C(=O)N(CC(C)(C)C)c2ccc(Cl)cc21. The van der Waals surface area contributed by atoms with Crippen LogP contribution in [0.5, 0.6) is 11.5 Å². The number of nitrogens with one attached hydrogen (secondary N) is 1. The number of hydrogen-bond donors (Lipinski definition) is 1. The molecule has 49 heavy (non-hydrogen) atoms. The summed E-state index contributed by atoms with van der Waals surface area (Å²) in [5.41, 5.74) is 2.03. The van der Waals surface area contributed by atoms with Crippen molar-refractivity contribution in [3.8, 4) is 11.5 Å². The van der Waals surface area contributed by atoms with Gasteiger partial charge in [0.15, 0.2) is 11.5 Å². The van der Waals surface area contributed by atoms with E-state index in [1.165, 1.54) is 6.07 Å². The predicted molar refractivity (Wildman–Crippen MR) is 190 cm³/mol. The number of likely N-dealkylation sites (N-methyl/N-ethyl adjacent to an activating group) is 1. The fraction of sp³-hybridized carbons (Fsp3) is 0.474. The Kier molecular flexibility index (Phi) is 12.2. The zero-order valence-electron chi connectivity index (χ0n) is 29.1. The molecule has 2 heterocycles. The van der Waals surface area contributed by atoms with Crippen LogP contribution in [0.25, 0.3) is 0 Å². The Morgan fingerprint density at radius 1 is 1.04 bits per heavy atom. The lowest BCUT2D eigenvalue weighted by molar-refractivity contribution is -0.138. The summed E-state index contributed by atoms with van der Waals surface area (Å²) in [4.78, 5) is 34.1. The topological polar surface area (TPSA) is 83.6 Å². The molecule has 1 saturated heterocycles. The van der Waals surface area contributed by atoms with E-state index in [0.29, 0.717) is 52.1 Å².